The molecule has 0 radical (unpaired) electrons. The van der Waals surface area contributed by atoms with Gasteiger partial charge >= 0.3 is 0 Å². The number of anilines is 2. The molecule has 1 amide bonds. The van der Waals surface area contributed by atoms with E-state index in [1.807, 2.05) is 30.5 Å². The molecule has 156 valence electrons. The van der Waals surface area contributed by atoms with Gasteiger partial charge in [0.15, 0.2) is 5.13 Å². The van der Waals surface area contributed by atoms with E-state index >= 15 is 0 Å². The summed E-state index contributed by atoms with van der Waals surface area (Å²) in [6, 6.07) is 12.5. The first-order chi connectivity index (χ1) is 14.3. The van der Waals surface area contributed by atoms with Gasteiger partial charge in [-0.3, -0.25) is 14.4 Å². The first-order valence-corrected chi connectivity index (χ1v) is 12.0. The Hall–Kier alpha value is -2.91. The lowest BCUT2D eigenvalue weighted by Gasteiger charge is -2.21. The number of hydrogen-bond donors (Lipinski definition) is 1. The molecule has 1 aliphatic rings. The third kappa shape index (κ3) is 3.78. The van der Waals surface area contributed by atoms with Crippen molar-refractivity contribution >= 4 is 38.1 Å². The largest absolute Gasteiger partial charge is 0.496 e. The van der Waals surface area contributed by atoms with Crippen molar-refractivity contribution in [1.29, 1.82) is 0 Å². The number of rotatable bonds is 5. The maximum Gasteiger partial charge on any atom is 0.261 e. The number of nitrogens with one attached hydrogen (secondary N) is 1. The lowest BCUT2D eigenvalue weighted by atomic mass is 10.1. The minimum absolute atomic E-state index is 0.114. The van der Waals surface area contributed by atoms with Crippen LogP contribution in [-0.2, 0) is 16.4 Å². The molecule has 1 atom stereocenters. The summed E-state index contributed by atoms with van der Waals surface area (Å²) in [5.41, 5.74) is 3.73. The summed E-state index contributed by atoms with van der Waals surface area (Å²) < 4.78 is 30.9. The van der Waals surface area contributed by atoms with Gasteiger partial charge < -0.3 is 4.74 Å². The molecule has 1 N–H and O–H groups in total. The zero-order valence-electron chi connectivity index (χ0n) is 16.7. The van der Waals surface area contributed by atoms with Crippen molar-refractivity contribution in [1.82, 2.24) is 4.98 Å². The van der Waals surface area contributed by atoms with Crippen LogP contribution in [0.15, 0.2) is 47.8 Å². The average molecular weight is 444 g/mol. The van der Waals surface area contributed by atoms with E-state index in [1.165, 1.54) is 29.0 Å². The zero-order valence-corrected chi connectivity index (χ0v) is 18.4. The molecule has 0 spiro atoms. The molecule has 0 saturated carbocycles. The van der Waals surface area contributed by atoms with Crippen molar-refractivity contribution in [3.63, 3.8) is 0 Å². The van der Waals surface area contributed by atoms with Crippen molar-refractivity contribution in [2.75, 3.05) is 23.0 Å². The van der Waals surface area contributed by atoms with Crippen molar-refractivity contribution in [2.24, 2.45) is 0 Å². The fraction of sp³-hybridized carbons (Fsp3) is 0.238. The molecule has 9 heteroatoms. The molecule has 0 bridgehead atoms. The van der Waals surface area contributed by atoms with E-state index < -0.39 is 10.0 Å². The van der Waals surface area contributed by atoms with E-state index in [4.69, 9.17) is 4.74 Å². The average Bonchev–Trinajstić information content (AvgIpc) is 3.30. The van der Waals surface area contributed by atoms with E-state index in [0.717, 1.165) is 16.8 Å². The maximum absolute atomic E-state index is 12.6. The number of carbonyl (C=O) groups excluding carboxylic acids is 1. The fourth-order valence-corrected chi connectivity index (χ4v) is 5.71. The summed E-state index contributed by atoms with van der Waals surface area (Å²) in [5, 5.41) is 5.16. The topological polar surface area (TPSA) is 88.6 Å². The van der Waals surface area contributed by atoms with Gasteiger partial charge in [0.25, 0.3) is 5.91 Å². The van der Waals surface area contributed by atoms with Gasteiger partial charge in [-0.15, -0.1) is 11.3 Å². The number of fused-ring (bicyclic) bond motifs is 1. The minimum Gasteiger partial charge on any atom is -0.496 e. The summed E-state index contributed by atoms with van der Waals surface area (Å²) in [4.78, 5) is 17.1. The second-order valence-corrected chi connectivity index (χ2v) is 9.87. The van der Waals surface area contributed by atoms with E-state index in [-0.39, 0.29) is 11.9 Å². The number of ether oxygens (including phenoxy) is 1. The molecule has 0 aliphatic carbocycles. The quantitative estimate of drug-likeness (QED) is 0.648. The van der Waals surface area contributed by atoms with Crippen molar-refractivity contribution in [2.45, 2.75) is 19.4 Å². The number of methoxy groups -OCH3 is 1. The Labute approximate surface area is 179 Å². The molecular formula is C21H21N3O4S2. The highest BCUT2D eigenvalue weighted by atomic mass is 32.2. The number of hydrogen-bond acceptors (Lipinski definition) is 6. The number of para-hydroxylation sites is 1. The highest BCUT2D eigenvalue weighted by molar-refractivity contribution is 7.92. The van der Waals surface area contributed by atoms with Crippen LogP contribution in [0.2, 0.25) is 0 Å². The Morgan fingerprint density at radius 1 is 1.27 bits per heavy atom. The molecule has 2 aromatic carbocycles. The second-order valence-electron chi connectivity index (χ2n) is 7.15. The van der Waals surface area contributed by atoms with Gasteiger partial charge in [-0.05, 0) is 43.2 Å². The Balaban J connectivity index is 1.57. The number of aromatic nitrogens is 1. The molecule has 30 heavy (non-hydrogen) atoms. The number of nitrogens with zero attached hydrogens (tertiary/aromatic N) is 2. The van der Waals surface area contributed by atoms with Crippen LogP contribution < -0.4 is 14.4 Å². The van der Waals surface area contributed by atoms with E-state index in [2.05, 4.69) is 10.3 Å². The molecule has 1 aliphatic heterocycles. The molecule has 7 nitrogen and oxygen atoms in total. The van der Waals surface area contributed by atoms with E-state index in [9.17, 15) is 13.2 Å². The van der Waals surface area contributed by atoms with Gasteiger partial charge in [0.2, 0.25) is 10.0 Å². The monoisotopic (exact) mass is 443 g/mol. The standard InChI is InChI=1S/C21H21N3O4S2/c1-13-10-15-11-14(8-9-18(15)24(13)30(3,26)27)17-12-29-21(22-17)23-20(25)16-6-4-5-7-19(16)28-2/h4-9,11-13H,10H2,1-3H3,(H,22,23,25)/t13-/m0/s1. The maximum atomic E-state index is 12.6. The molecule has 0 saturated heterocycles. The van der Waals surface area contributed by atoms with Gasteiger partial charge in [-0.25, -0.2) is 13.4 Å². The Morgan fingerprint density at radius 2 is 2.03 bits per heavy atom. The first-order valence-electron chi connectivity index (χ1n) is 9.30. The second kappa shape index (κ2) is 7.73. The van der Waals surface area contributed by atoms with Crippen LogP contribution in [0.5, 0.6) is 5.75 Å². The first kappa shape index (κ1) is 20.4. The summed E-state index contributed by atoms with van der Waals surface area (Å²) in [6.07, 6.45) is 1.88. The molecule has 0 unspecified atom stereocenters. The zero-order chi connectivity index (χ0) is 21.5. The third-order valence-corrected chi connectivity index (χ3v) is 6.99. The lowest BCUT2D eigenvalue weighted by molar-refractivity contribution is 0.102. The van der Waals surface area contributed by atoms with Crippen molar-refractivity contribution in [3.05, 3.63) is 59.0 Å². The Bertz CT molecular complexity index is 1220. The molecule has 1 aromatic heterocycles. The molecule has 3 aromatic rings. The SMILES string of the molecule is COc1ccccc1C(=O)Nc1nc(-c2ccc3c(c2)C[C@H](C)N3S(C)(=O)=O)cs1. The number of amides is 1. The smallest absolute Gasteiger partial charge is 0.261 e. The minimum atomic E-state index is -3.32. The summed E-state index contributed by atoms with van der Waals surface area (Å²) in [5.74, 6) is 0.204. The van der Waals surface area contributed by atoms with E-state index in [1.54, 1.807) is 24.3 Å². The summed E-state index contributed by atoms with van der Waals surface area (Å²) in [7, 11) is -1.80. The van der Waals surface area contributed by atoms with Crippen LogP contribution in [0.3, 0.4) is 0 Å². The summed E-state index contributed by atoms with van der Waals surface area (Å²) in [6.45, 7) is 1.90. The number of carbonyl (C=O) groups is 1. The highest BCUT2D eigenvalue weighted by Crippen LogP contribution is 2.37. The molecular weight excluding hydrogens is 422 g/mol. The van der Waals surface area contributed by atoms with Crippen LogP contribution in [0, 0.1) is 0 Å². The highest BCUT2D eigenvalue weighted by Gasteiger charge is 2.32. The fourth-order valence-electron chi connectivity index (χ4n) is 3.73. The Kier molecular flexibility index (Phi) is 5.25. The third-order valence-electron chi connectivity index (χ3n) is 4.96. The molecule has 2 heterocycles. The predicted octanol–water partition coefficient (Wildman–Crippen LogP) is 3.78. The number of benzene rings is 2. The molecule has 0 fully saturated rings. The van der Waals surface area contributed by atoms with Crippen LogP contribution in [-0.4, -0.2) is 38.7 Å². The number of thiazole rings is 1. The lowest BCUT2D eigenvalue weighted by Crippen LogP contribution is -2.34. The predicted molar refractivity (Wildman–Crippen MR) is 119 cm³/mol. The summed E-state index contributed by atoms with van der Waals surface area (Å²) >= 11 is 1.33. The Morgan fingerprint density at radius 3 is 2.77 bits per heavy atom. The van der Waals surface area contributed by atoms with Crippen LogP contribution in [0.25, 0.3) is 11.3 Å². The normalized spacial score (nSPS) is 15.7. The van der Waals surface area contributed by atoms with Crippen LogP contribution in [0.4, 0.5) is 10.8 Å². The van der Waals surface area contributed by atoms with Gasteiger partial charge in [0, 0.05) is 17.0 Å². The van der Waals surface area contributed by atoms with E-state index in [0.29, 0.717) is 28.6 Å². The van der Waals surface area contributed by atoms with Gasteiger partial charge in [-0.1, -0.05) is 18.2 Å². The van der Waals surface area contributed by atoms with Crippen molar-refractivity contribution in [3.8, 4) is 17.0 Å². The van der Waals surface area contributed by atoms with Crippen molar-refractivity contribution < 1.29 is 17.9 Å². The van der Waals surface area contributed by atoms with Gasteiger partial charge in [0.05, 0.1) is 30.3 Å². The van der Waals surface area contributed by atoms with Crippen LogP contribution >= 0.6 is 11.3 Å². The van der Waals surface area contributed by atoms with Gasteiger partial charge in [0.1, 0.15) is 5.75 Å². The molecule has 4 rings (SSSR count). The van der Waals surface area contributed by atoms with Gasteiger partial charge in [-0.2, -0.15) is 0 Å². The number of sulfonamides is 1. The van der Waals surface area contributed by atoms with Crippen LogP contribution in [0.1, 0.15) is 22.8 Å².